The van der Waals surface area contributed by atoms with Crippen molar-refractivity contribution in [2.75, 3.05) is 31.1 Å². The highest BCUT2D eigenvalue weighted by Gasteiger charge is 2.31. The fourth-order valence-corrected chi connectivity index (χ4v) is 6.59. The average molecular weight is 472 g/mol. The van der Waals surface area contributed by atoms with Crippen molar-refractivity contribution >= 4 is 26.4 Å². The van der Waals surface area contributed by atoms with E-state index in [0.29, 0.717) is 30.2 Å². The molecule has 0 amide bonds. The molecule has 0 unspecified atom stereocenters. The number of pyridine rings is 1. The highest BCUT2D eigenvalue weighted by Crippen LogP contribution is 2.38. The summed E-state index contributed by atoms with van der Waals surface area (Å²) in [5.41, 5.74) is 0.643. The minimum absolute atomic E-state index is 0.00842. The molecule has 33 heavy (non-hydrogen) atoms. The Balaban J connectivity index is 1.55. The van der Waals surface area contributed by atoms with Gasteiger partial charge >= 0.3 is 0 Å². The number of hydrogen-bond donors (Lipinski definition) is 0. The number of piperidine rings is 2. The van der Waals surface area contributed by atoms with Crippen LogP contribution in [-0.4, -0.2) is 50.5 Å². The zero-order valence-corrected chi connectivity index (χ0v) is 19.2. The van der Waals surface area contributed by atoms with Gasteiger partial charge in [0, 0.05) is 30.7 Å². The molecular formula is C25H27F2N3O2S. The Morgan fingerprint density at radius 2 is 1.58 bits per heavy atom. The van der Waals surface area contributed by atoms with Crippen molar-refractivity contribution in [1.29, 1.82) is 0 Å². The number of fused-ring (bicyclic) bond motifs is 1. The van der Waals surface area contributed by atoms with Crippen LogP contribution in [0.1, 0.15) is 32.1 Å². The highest BCUT2D eigenvalue weighted by atomic mass is 32.2. The van der Waals surface area contributed by atoms with Crippen LogP contribution in [0, 0.1) is 11.6 Å². The van der Waals surface area contributed by atoms with Crippen LogP contribution >= 0.6 is 0 Å². The first-order chi connectivity index (χ1) is 15.9. The molecule has 3 aromatic rings. The number of likely N-dealkylation sites (tertiary alicyclic amines) is 1. The van der Waals surface area contributed by atoms with Crippen LogP contribution in [0.2, 0.25) is 0 Å². The van der Waals surface area contributed by atoms with Crippen molar-refractivity contribution in [3.05, 3.63) is 60.3 Å². The fraction of sp³-hybridized carbons (Fsp3) is 0.400. The van der Waals surface area contributed by atoms with Gasteiger partial charge in [-0.05, 0) is 69.1 Å². The third-order valence-electron chi connectivity index (χ3n) is 6.89. The van der Waals surface area contributed by atoms with E-state index in [2.05, 4.69) is 14.8 Å². The zero-order valence-electron chi connectivity index (χ0n) is 18.4. The van der Waals surface area contributed by atoms with Crippen LogP contribution in [0.5, 0.6) is 0 Å². The Labute approximate surface area is 193 Å². The SMILES string of the molecule is O=S(=O)(c1ccc(F)cc1)c1cnc2c(F)cccc2c1N1CCC(N2CCCCC2)CC1. The summed E-state index contributed by atoms with van der Waals surface area (Å²) in [6.45, 7) is 3.61. The quantitative estimate of drug-likeness (QED) is 0.512. The summed E-state index contributed by atoms with van der Waals surface area (Å²) in [6.07, 6.45) is 6.85. The molecule has 1 aromatic heterocycles. The third-order valence-corrected chi connectivity index (χ3v) is 8.66. The molecule has 0 saturated carbocycles. The molecule has 0 spiro atoms. The summed E-state index contributed by atoms with van der Waals surface area (Å²) in [4.78, 5) is 8.81. The van der Waals surface area contributed by atoms with Gasteiger partial charge in [-0.25, -0.2) is 17.2 Å². The lowest BCUT2D eigenvalue weighted by atomic mass is 9.99. The van der Waals surface area contributed by atoms with E-state index in [-0.39, 0.29) is 15.3 Å². The summed E-state index contributed by atoms with van der Waals surface area (Å²) >= 11 is 0. The van der Waals surface area contributed by atoms with E-state index < -0.39 is 21.5 Å². The van der Waals surface area contributed by atoms with Gasteiger partial charge < -0.3 is 9.80 Å². The summed E-state index contributed by atoms with van der Waals surface area (Å²) in [6, 6.07) is 9.90. The van der Waals surface area contributed by atoms with Gasteiger partial charge in [0.05, 0.1) is 10.6 Å². The van der Waals surface area contributed by atoms with Crippen LogP contribution in [0.15, 0.2) is 58.5 Å². The molecule has 0 radical (unpaired) electrons. The molecular weight excluding hydrogens is 444 g/mol. The molecule has 5 nitrogen and oxygen atoms in total. The van der Waals surface area contributed by atoms with Crippen molar-refractivity contribution in [2.45, 2.75) is 47.9 Å². The Morgan fingerprint density at radius 3 is 2.27 bits per heavy atom. The molecule has 0 bridgehead atoms. The van der Waals surface area contributed by atoms with Gasteiger partial charge in [-0.2, -0.15) is 0 Å². The molecule has 2 saturated heterocycles. The summed E-state index contributed by atoms with van der Waals surface area (Å²) in [5.74, 6) is -0.990. The second-order valence-electron chi connectivity index (χ2n) is 8.88. The largest absolute Gasteiger partial charge is 0.370 e. The lowest BCUT2D eigenvalue weighted by molar-refractivity contribution is 0.141. The summed E-state index contributed by atoms with van der Waals surface area (Å²) in [5, 5.41) is 0.481. The fourth-order valence-electron chi connectivity index (χ4n) is 5.16. The van der Waals surface area contributed by atoms with E-state index in [1.165, 1.54) is 43.7 Å². The van der Waals surface area contributed by atoms with E-state index in [1.807, 2.05) is 0 Å². The number of nitrogens with zero attached hydrogens (tertiary/aromatic N) is 3. The van der Waals surface area contributed by atoms with Crippen molar-refractivity contribution in [3.8, 4) is 0 Å². The molecule has 3 heterocycles. The summed E-state index contributed by atoms with van der Waals surface area (Å²) in [7, 11) is -3.98. The maximum absolute atomic E-state index is 14.6. The van der Waals surface area contributed by atoms with Gasteiger partial charge in [0.2, 0.25) is 9.84 Å². The second-order valence-corrected chi connectivity index (χ2v) is 10.8. The van der Waals surface area contributed by atoms with Crippen molar-refractivity contribution in [3.63, 3.8) is 0 Å². The minimum Gasteiger partial charge on any atom is -0.370 e. The molecule has 8 heteroatoms. The normalized spacial score (nSPS) is 18.7. The Bertz CT molecular complexity index is 1250. The van der Waals surface area contributed by atoms with Gasteiger partial charge in [-0.3, -0.25) is 4.98 Å². The van der Waals surface area contributed by atoms with Gasteiger partial charge in [0.25, 0.3) is 0 Å². The van der Waals surface area contributed by atoms with E-state index in [1.54, 1.807) is 12.1 Å². The zero-order chi connectivity index (χ0) is 23.0. The molecule has 0 atom stereocenters. The monoisotopic (exact) mass is 471 g/mol. The van der Waals surface area contributed by atoms with Gasteiger partial charge in [-0.1, -0.05) is 18.6 Å². The molecule has 0 N–H and O–H groups in total. The lowest BCUT2D eigenvalue weighted by Gasteiger charge is -2.41. The molecule has 2 aliphatic heterocycles. The minimum atomic E-state index is -3.98. The Morgan fingerprint density at radius 1 is 0.879 bits per heavy atom. The number of halogens is 2. The Hall–Kier alpha value is -2.58. The topological polar surface area (TPSA) is 53.5 Å². The standard InChI is InChI=1S/C25H27F2N3O2S/c26-18-7-9-20(10-8-18)33(31,32)23-17-28-24-21(5-4-6-22(24)27)25(23)30-15-11-19(12-16-30)29-13-2-1-3-14-29/h4-10,17,19H,1-3,11-16H2. The number of hydrogen-bond acceptors (Lipinski definition) is 5. The van der Waals surface area contributed by atoms with Crippen molar-refractivity contribution < 1.29 is 17.2 Å². The van der Waals surface area contributed by atoms with Crippen molar-refractivity contribution in [1.82, 2.24) is 9.88 Å². The van der Waals surface area contributed by atoms with Crippen LogP contribution in [0.3, 0.4) is 0 Å². The van der Waals surface area contributed by atoms with Crippen LogP contribution in [0.4, 0.5) is 14.5 Å². The van der Waals surface area contributed by atoms with Gasteiger partial charge in [0.1, 0.15) is 22.0 Å². The van der Waals surface area contributed by atoms with Crippen LogP contribution < -0.4 is 4.90 Å². The lowest BCUT2D eigenvalue weighted by Crippen LogP contribution is -2.47. The van der Waals surface area contributed by atoms with Gasteiger partial charge in [0.15, 0.2) is 0 Å². The Kier molecular flexibility index (Phi) is 6.05. The number of sulfone groups is 1. The predicted molar refractivity (Wildman–Crippen MR) is 124 cm³/mol. The molecule has 2 aliphatic rings. The molecule has 0 aliphatic carbocycles. The van der Waals surface area contributed by atoms with Crippen LogP contribution in [-0.2, 0) is 9.84 Å². The summed E-state index contributed by atoms with van der Waals surface area (Å²) < 4.78 is 55.1. The van der Waals surface area contributed by atoms with E-state index in [4.69, 9.17) is 0 Å². The number of rotatable bonds is 4. The number of para-hydroxylation sites is 1. The van der Waals surface area contributed by atoms with Crippen LogP contribution in [0.25, 0.3) is 10.9 Å². The average Bonchev–Trinajstić information content (AvgIpc) is 2.84. The second kappa shape index (κ2) is 8.99. The van der Waals surface area contributed by atoms with Gasteiger partial charge in [-0.15, -0.1) is 0 Å². The van der Waals surface area contributed by atoms with E-state index in [0.717, 1.165) is 38.1 Å². The molecule has 5 rings (SSSR count). The first kappa shape index (κ1) is 22.2. The number of aromatic nitrogens is 1. The first-order valence-corrected chi connectivity index (χ1v) is 13.0. The van der Waals surface area contributed by atoms with E-state index >= 15 is 0 Å². The highest BCUT2D eigenvalue weighted by molar-refractivity contribution is 7.91. The van der Waals surface area contributed by atoms with Crippen molar-refractivity contribution in [2.24, 2.45) is 0 Å². The number of anilines is 1. The molecule has 2 aromatic carbocycles. The maximum atomic E-state index is 14.6. The predicted octanol–water partition coefficient (Wildman–Crippen LogP) is 4.80. The smallest absolute Gasteiger partial charge is 0.210 e. The molecule has 174 valence electrons. The first-order valence-electron chi connectivity index (χ1n) is 11.5. The van der Waals surface area contributed by atoms with E-state index in [9.17, 15) is 17.2 Å². The maximum Gasteiger partial charge on any atom is 0.210 e. The molecule has 2 fully saturated rings. The third kappa shape index (κ3) is 4.22. The number of benzene rings is 2.